The molecule has 0 saturated heterocycles. The molecule has 1 aliphatic rings. The number of hydrogen-bond acceptors (Lipinski definition) is 3. The fourth-order valence-electron chi connectivity index (χ4n) is 4.22. The van der Waals surface area contributed by atoms with Crippen molar-refractivity contribution < 1.29 is 14.6 Å². The van der Waals surface area contributed by atoms with E-state index in [1.54, 1.807) is 0 Å². The van der Waals surface area contributed by atoms with Gasteiger partial charge in [-0.05, 0) is 70.2 Å². The molecule has 1 N–H and O–H groups in total. The Morgan fingerprint density at radius 1 is 1.14 bits per heavy atom. The fraction of sp³-hybridized carbons (Fsp3) is 0.458. The van der Waals surface area contributed by atoms with Gasteiger partial charge < -0.3 is 14.7 Å². The molecular formula is C24H31NO3. The topological polar surface area (TPSA) is 49.8 Å². The van der Waals surface area contributed by atoms with Crippen molar-refractivity contribution in [1.82, 2.24) is 4.90 Å². The molecule has 1 aliphatic heterocycles. The highest BCUT2D eigenvalue weighted by molar-refractivity contribution is 5.99. The monoisotopic (exact) mass is 381 g/mol. The van der Waals surface area contributed by atoms with Gasteiger partial charge in [0.05, 0.1) is 11.7 Å². The summed E-state index contributed by atoms with van der Waals surface area (Å²) in [6, 6.07) is 10.1. The molecule has 0 fully saturated rings. The molecule has 2 aromatic rings. The number of carbonyl (C=O) groups is 1. The van der Waals surface area contributed by atoms with Crippen LogP contribution in [0.1, 0.15) is 72.0 Å². The van der Waals surface area contributed by atoms with Gasteiger partial charge in [-0.15, -0.1) is 0 Å². The number of benzene rings is 2. The van der Waals surface area contributed by atoms with Crippen LogP contribution in [0.5, 0.6) is 5.75 Å². The second-order valence-corrected chi connectivity index (χ2v) is 8.70. The zero-order valence-electron chi connectivity index (χ0n) is 17.8. The van der Waals surface area contributed by atoms with Gasteiger partial charge in [-0.2, -0.15) is 0 Å². The first-order chi connectivity index (χ1) is 13.1. The first-order valence-corrected chi connectivity index (χ1v) is 9.96. The Kier molecular flexibility index (Phi) is 5.53. The lowest BCUT2D eigenvalue weighted by molar-refractivity contribution is -0.0539. The summed E-state index contributed by atoms with van der Waals surface area (Å²) in [5.41, 5.74) is 4.84. The van der Waals surface area contributed by atoms with Crippen molar-refractivity contribution in [1.29, 1.82) is 0 Å². The van der Waals surface area contributed by atoms with Crippen LogP contribution >= 0.6 is 0 Å². The molecule has 0 spiro atoms. The van der Waals surface area contributed by atoms with Gasteiger partial charge >= 0.3 is 0 Å². The standard InChI is InChI=1S/C24H31NO3/c1-15-19-12-13-25(14-18-10-8-7-9-11-18)23(27)21(19)16(2)20(22(15)26)17(3)28-24(4,5)6/h7-11,17,26H,12-14H2,1-6H3. The van der Waals surface area contributed by atoms with E-state index >= 15 is 0 Å². The Bertz CT molecular complexity index is 881. The Labute approximate surface area is 168 Å². The van der Waals surface area contributed by atoms with Gasteiger partial charge in [-0.25, -0.2) is 0 Å². The van der Waals surface area contributed by atoms with E-state index in [-0.39, 0.29) is 23.4 Å². The maximum atomic E-state index is 13.4. The van der Waals surface area contributed by atoms with Crippen LogP contribution in [0.25, 0.3) is 0 Å². The van der Waals surface area contributed by atoms with Crippen LogP contribution in [0.4, 0.5) is 0 Å². The Hall–Kier alpha value is -2.33. The number of fused-ring (bicyclic) bond motifs is 1. The van der Waals surface area contributed by atoms with Gasteiger partial charge in [0, 0.05) is 24.2 Å². The highest BCUT2D eigenvalue weighted by Gasteiger charge is 2.32. The van der Waals surface area contributed by atoms with E-state index in [1.807, 2.05) is 76.8 Å². The molecule has 0 aromatic heterocycles. The van der Waals surface area contributed by atoms with Crippen molar-refractivity contribution in [2.45, 2.75) is 66.2 Å². The number of phenolic OH excluding ortho intramolecular Hbond substituents is 1. The average Bonchev–Trinajstić information content (AvgIpc) is 2.61. The molecular weight excluding hydrogens is 350 g/mol. The van der Waals surface area contributed by atoms with Gasteiger partial charge in [0.1, 0.15) is 5.75 Å². The van der Waals surface area contributed by atoms with E-state index in [0.29, 0.717) is 13.1 Å². The Morgan fingerprint density at radius 2 is 1.79 bits per heavy atom. The van der Waals surface area contributed by atoms with Gasteiger partial charge in [0.2, 0.25) is 0 Å². The molecule has 3 rings (SSSR count). The van der Waals surface area contributed by atoms with E-state index in [1.165, 1.54) is 0 Å². The van der Waals surface area contributed by atoms with E-state index < -0.39 is 0 Å². The number of rotatable bonds is 4. The molecule has 1 heterocycles. The minimum atomic E-state index is -0.342. The van der Waals surface area contributed by atoms with E-state index in [9.17, 15) is 9.90 Å². The zero-order chi connectivity index (χ0) is 20.6. The van der Waals surface area contributed by atoms with Crippen LogP contribution in [-0.4, -0.2) is 28.1 Å². The molecule has 4 heteroatoms. The van der Waals surface area contributed by atoms with Gasteiger partial charge in [0.25, 0.3) is 5.91 Å². The quantitative estimate of drug-likeness (QED) is 0.803. The van der Waals surface area contributed by atoms with E-state index in [0.717, 1.165) is 39.8 Å². The fourth-order valence-corrected chi connectivity index (χ4v) is 4.22. The van der Waals surface area contributed by atoms with Crippen LogP contribution in [0.2, 0.25) is 0 Å². The largest absolute Gasteiger partial charge is 0.507 e. The van der Waals surface area contributed by atoms with Crippen molar-refractivity contribution in [2.75, 3.05) is 6.54 Å². The number of amides is 1. The van der Waals surface area contributed by atoms with Gasteiger partial charge in [-0.3, -0.25) is 4.79 Å². The third-order valence-electron chi connectivity index (χ3n) is 5.43. The van der Waals surface area contributed by atoms with Gasteiger partial charge in [0.15, 0.2) is 0 Å². The third-order valence-corrected chi connectivity index (χ3v) is 5.43. The molecule has 1 atom stereocenters. The average molecular weight is 382 g/mol. The lowest BCUT2D eigenvalue weighted by atomic mass is 9.85. The number of nitrogens with zero attached hydrogens (tertiary/aromatic N) is 1. The third kappa shape index (κ3) is 3.93. The van der Waals surface area contributed by atoms with Crippen LogP contribution in [-0.2, 0) is 17.7 Å². The van der Waals surface area contributed by atoms with Crippen molar-refractivity contribution in [3.05, 3.63) is 63.7 Å². The summed E-state index contributed by atoms with van der Waals surface area (Å²) in [5, 5.41) is 10.9. The molecule has 1 amide bonds. The molecule has 2 aromatic carbocycles. The summed E-state index contributed by atoms with van der Waals surface area (Å²) < 4.78 is 6.10. The first-order valence-electron chi connectivity index (χ1n) is 9.96. The predicted molar refractivity (Wildman–Crippen MR) is 112 cm³/mol. The van der Waals surface area contributed by atoms with Crippen molar-refractivity contribution in [3.8, 4) is 5.75 Å². The highest BCUT2D eigenvalue weighted by atomic mass is 16.5. The zero-order valence-corrected chi connectivity index (χ0v) is 17.8. The number of phenols is 1. The molecule has 150 valence electrons. The van der Waals surface area contributed by atoms with Crippen LogP contribution in [0.3, 0.4) is 0 Å². The summed E-state index contributed by atoms with van der Waals surface area (Å²) in [4.78, 5) is 15.3. The van der Waals surface area contributed by atoms with E-state index in [4.69, 9.17) is 4.74 Å². The highest BCUT2D eigenvalue weighted by Crippen LogP contribution is 2.41. The molecule has 0 radical (unpaired) electrons. The number of hydrogen-bond donors (Lipinski definition) is 1. The summed E-state index contributed by atoms with van der Waals surface area (Å²) in [6.07, 6.45) is 0.449. The minimum absolute atomic E-state index is 0.0370. The normalized spacial score (nSPS) is 15.5. The van der Waals surface area contributed by atoms with Crippen molar-refractivity contribution >= 4 is 5.91 Å². The molecule has 0 aliphatic carbocycles. The number of carbonyl (C=O) groups excluding carboxylic acids is 1. The smallest absolute Gasteiger partial charge is 0.254 e. The summed E-state index contributed by atoms with van der Waals surface area (Å²) in [6.45, 7) is 13.0. The molecule has 4 nitrogen and oxygen atoms in total. The predicted octanol–water partition coefficient (Wildman–Crippen LogP) is 5.08. The SMILES string of the molecule is Cc1c(O)c(C(C)OC(C)(C)C)c(C)c2c1CCN(Cc1ccccc1)C2=O. The second kappa shape index (κ2) is 7.59. The number of aromatic hydroxyl groups is 1. The van der Waals surface area contributed by atoms with Crippen molar-refractivity contribution in [2.24, 2.45) is 0 Å². The Balaban J connectivity index is 2.01. The minimum Gasteiger partial charge on any atom is -0.507 e. The molecule has 0 bridgehead atoms. The maximum Gasteiger partial charge on any atom is 0.254 e. The van der Waals surface area contributed by atoms with E-state index in [2.05, 4.69) is 0 Å². The Morgan fingerprint density at radius 3 is 2.39 bits per heavy atom. The van der Waals surface area contributed by atoms with Crippen LogP contribution in [0, 0.1) is 13.8 Å². The van der Waals surface area contributed by atoms with Crippen LogP contribution < -0.4 is 0 Å². The lowest BCUT2D eigenvalue weighted by Crippen LogP contribution is -2.38. The maximum absolute atomic E-state index is 13.4. The lowest BCUT2D eigenvalue weighted by Gasteiger charge is -2.34. The first kappa shape index (κ1) is 20.4. The molecule has 1 unspecified atom stereocenters. The summed E-state index contributed by atoms with van der Waals surface area (Å²) >= 11 is 0. The summed E-state index contributed by atoms with van der Waals surface area (Å²) in [5.74, 6) is 0.298. The van der Waals surface area contributed by atoms with Gasteiger partial charge in [-0.1, -0.05) is 30.3 Å². The molecule has 0 saturated carbocycles. The number of ether oxygens (including phenoxy) is 1. The van der Waals surface area contributed by atoms with Crippen molar-refractivity contribution in [3.63, 3.8) is 0 Å². The summed E-state index contributed by atoms with van der Waals surface area (Å²) in [7, 11) is 0. The molecule has 28 heavy (non-hydrogen) atoms. The van der Waals surface area contributed by atoms with Crippen LogP contribution in [0.15, 0.2) is 30.3 Å². The second-order valence-electron chi connectivity index (χ2n) is 8.70.